The van der Waals surface area contributed by atoms with Gasteiger partial charge in [-0.3, -0.25) is 4.79 Å². The van der Waals surface area contributed by atoms with Crippen LogP contribution in [0, 0.1) is 12.8 Å². The number of aryl methyl sites for hydroxylation is 1. The molecule has 1 saturated heterocycles. The van der Waals surface area contributed by atoms with Crippen molar-refractivity contribution >= 4 is 12.0 Å². The molecule has 0 aliphatic carbocycles. The van der Waals surface area contributed by atoms with E-state index in [4.69, 9.17) is 9.15 Å². The van der Waals surface area contributed by atoms with Crippen LogP contribution in [-0.4, -0.2) is 35.6 Å². The minimum Gasteiger partial charge on any atom is -0.464 e. The Morgan fingerprint density at radius 2 is 1.92 bits per heavy atom. The van der Waals surface area contributed by atoms with Crippen molar-refractivity contribution in [3.8, 4) is 0 Å². The maximum atomic E-state index is 12.4. The van der Waals surface area contributed by atoms with Gasteiger partial charge < -0.3 is 19.4 Å². The normalized spacial score (nSPS) is 17.5. The molecule has 1 aliphatic heterocycles. The Bertz CT molecular complexity index is 580. The zero-order chi connectivity index (χ0) is 17.9. The van der Waals surface area contributed by atoms with Crippen molar-refractivity contribution in [2.45, 2.75) is 59.1 Å². The van der Waals surface area contributed by atoms with Crippen molar-refractivity contribution in [2.24, 2.45) is 5.92 Å². The van der Waals surface area contributed by atoms with Crippen LogP contribution in [0.4, 0.5) is 4.79 Å². The van der Waals surface area contributed by atoms with Crippen LogP contribution < -0.4 is 5.32 Å². The molecule has 0 saturated carbocycles. The van der Waals surface area contributed by atoms with Gasteiger partial charge in [-0.05, 0) is 59.6 Å². The van der Waals surface area contributed by atoms with Crippen LogP contribution in [0.5, 0.6) is 0 Å². The van der Waals surface area contributed by atoms with Gasteiger partial charge in [-0.25, -0.2) is 4.79 Å². The zero-order valence-electron chi connectivity index (χ0n) is 15.2. The molecular weight excluding hydrogens is 308 g/mol. The fourth-order valence-corrected chi connectivity index (χ4v) is 2.74. The van der Waals surface area contributed by atoms with Crippen molar-refractivity contribution in [3.63, 3.8) is 0 Å². The third-order valence-electron chi connectivity index (χ3n) is 4.06. The van der Waals surface area contributed by atoms with Crippen LogP contribution in [0.25, 0.3) is 0 Å². The molecule has 0 spiro atoms. The number of furan rings is 1. The Balaban J connectivity index is 1.81. The molecule has 2 amide bonds. The van der Waals surface area contributed by atoms with Crippen LogP contribution in [0.2, 0.25) is 0 Å². The number of hydrogen-bond donors (Lipinski definition) is 1. The topological polar surface area (TPSA) is 71.8 Å². The number of hydrogen-bond acceptors (Lipinski definition) is 4. The van der Waals surface area contributed by atoms with E-state index in [1.165, 1.54) is 0 Å². The molecule has 2 heterocycles. The number of carbonyl (C=O) groups is 2. The number of nitrogens with one attached hydrogen (secondary N) is 1. The van der Waals surface area contributed by atoms with E-state index in [9.17, 15) is 9.59 Å². The lowest BCUT2D eigenvalue weighted by Crippen LogP contribution is -2.45. The Kier molecular flexibility index (Phi) is 5.57. The van der Waals surface area contributed by atoms with Crippen LogP contribution in [0.1, 0.15) is 58.1 Å². The van der Waals surface area contributed by atoms with Gasteiger partial charge >= 0.3 is 6.09 Å². The van der Waals surface area contributed by atoms with E-state index in [0.29, 0.717) is 25.9 Å². The molecule has 134 valence electrons. The molecule has 6 heteroatoms. The molecule has 24 heavy (non-hydrogen) atoms. The number of amides is 2. The smallest absolute Gasteiger partial charge is 0.410 e. The number of rotatable bonds is 3. The average molecular weight is 336 g/mol. The average Bonchev–Trinajstić information content (AvgIpc) is 2.92. The second-order valence-electron chi connectivity index (χ2n) is 7.42. The molecule has 1 aromatic heterocycles. The summed E-state index contributed by atoms with van der Waals surface area (Å²) in [6, 6.07) is 3.61. The molecule has 1 atom stereocenters. The molecule has 6 nitrogen and oxygen atoms in total. The van der Waals surface area contributed by atoms with Crippen LogP contribution >= 0.6 is 0 Å². The van der Waals surface area contributed by atoms with E-state index in [2.05, 4.69) is 5.32 Å². The van der Waals surface area contributed by atoms with Crippen molar-refractivity contribution in [2.75, 3.05) is 13.1 Å². The highest BCUT2D eigenvalue weighted by Gasteiger charge is 2.30. The van der Waals surface area contributed by atoms with Gasteiger partial charge in [-0.2, -0.15) is 0 Å². The first kappa shape index (κ1) is 18.4. The first-order valence-corrected chi connectivity index (χ1v) is 8.50. The van der Waals surface area contributed by atoms with Crippen LogP contribution in [0.15, 0.2) is 16.5 Å². The molecule has 0 radical (unpaired) electrons. The van der Waals surface area contributed by atoms with Crippen molar-refractivity contribution in [3.05, 3.63) is 23.7 Å². The van der Waals surface area contributed by atoms with E-state index in [1.54, 1.807) is 4.90 Å². The lowest BCUT2D eigenvalue weighted by molar-refractivity contribution is -0.127. The summed E-state index contributed by atoms with van der Waals surface area (Å²) < 4.78 is 10.9. The van der Waals surface area contributed by atoms with Gasteiger partial charge in [-0.1, -0.05) is 0 Å². The Hall–Kier alpha value is -1.98. The van der Waals surface area contributed by atoms with Crippen molar-refractivity contribution in [1.29, 1.82) is 0 Å². The lowest BCUT2D eigenvalue weighted by atomic mass is 9.96. The highest BCUT2D eigenvalue weighted by Crippen LogP contribution is 2.22. The molecule has 0 bridgehead atoms. The number of ether oxygens (including phenoxy) is 1. The first-order chi connectivity index (χ1) is 11.2. The number of likely N-dealkylation sites (tertiary alicyclic amines) is 1. The summed E-state index contributed by atoms with van der Waals surface area (Å²) in [5.74, 6) is 1.52. The predicted octanol–water partition coefficient (Wildman–Crippen LogP) is 3.41. The van der Waals surface area contributed by atoms with Gasteiger partial charge in [-0.15, -0.1) is 0 Å². The summed E-state index contributed by atoms with van der Waals surface area (Å²) in [7, 11) is 0. The van der Waals surface area contributed by atoms with E-state index in [-0.39, 0.29) is 24.0 Å². The molecule has 1 unspecified atom stereocenters. The second kappa shape index (κ2) is 7.28. The molecule has 0 aromatic carbocycles. The van der Waals surface area contributed by atoms with Gasteiger partial charge in [0.2, 0.25) is 5.91 Å². The third-order valence-corrected chi connectivity index (χ3v) is 4.06. The largest absolute Gasteiger partial charge is 0.464 e. The third kappa shape index (κ3) is 5.01. The van der Waals surface area contributed by atoms with Crippen LogP contribution in [-0.2, 0) is 9.53 Å². The summed E-state index contributed by atoms with van der Waals surface area (Å²) in [6.45, 7) is 10.4. The molecule has 1 aliphatic rings. The van der Waals surface area contributed by atoms with E-state index in [0.717, 1.165) is 11.5 Å². The minimum atomic E-state index is -0.498. The Morgan fingerprint density at radius 1 is 1.29 bits per heavy atom. The number of nitrogens with zero attached hydrogens (tertiary/aromatic N) is 1. The fourth-order valence-electron chi connectivity index (χ4n) is 2.74. The summed E-state index contributed by atoms with van der Waals surface area (Å²) in [4.78, 5) is 26.1. The van der Waals surface area contributed by atoms with Gasteiger partial charge in [0, 0.05) is 19.0 Å². The molecule has 1 aromatic rings. The maximum Gasteiger partial charge on any atom is 0.410 e. The van der Waals surface area contributed by atoms with Gasteiger partial charge in [0.05, 0.1) is 6.04 Å². The summed E-state index contributed by atoms with van der Waals surface area (Å²) in [5.41, 5.74) is -0.498. The Morgan fingerprint density at radius 3 is 2.42 bits per heavy atom. The number of carbonyl (C=O) groups excluding carboxylic acids is 2. The molecule has 1 N–H and O–H groups in total. The standard InChI is InChI=1S/C18H28N2O4/c1-12-6-7-15(23-12)13(2)19-16(21)14-8-10-20(11-9-14)17(22)24-18(3,4)5/h6-7,13-14H,8-11H2,1-5H3,(H,19,21). The van der Waals surface area contributed by atoms with E-state index < -0.39 is 5.60 Å². The molecule has 1 fully saturated rings. The van der Waals surface area contributed by atoms with Gasteiger partial charge in [0.25, 0.3) is 0 Å². The van der Waals surface area contributed by atoms with Crippen molar-refractivity contribution < 1.29 is 18.7 Å². The highest BCUT2D eigenvalue weighted by molar-refractivity contribution is 5.79. The first-order valence-electron chi connectivity index (χ1n) is 8.50. The van der Waals surface area contributed by atoms with Crippen molar-refractivity contribution in [1.82, 2.24) is 10.2 Å². The monoisotopic (exact) mass is 336 g/mol. The number of piperidine rings is 1. The van der Waals surface area contributed by atoms with E-state index >= 15 is 0 Å². The van der Waals surface area contributed by atoms with Gasteiger partial charge in [0.1, 0.15) is 17.1 Å². The lowest BCUT2D eigenvalue weighted by Gasteiger charge is -2.33. The minimum absolute atomic E-state index is 0.0143. The van der Waals surface area contributed by atoms with Gasteiger partial charge in [0.15, 0.2) is 0 Å². The van der Waals surface area contributed by atoms with Crippen LogP contribution in [0.3, 0.4) is 0 Å². The summed E-state index contributed by atoms with van der Waals surface area (Å²) >= 11 is 0. The Labute approximate surface area is 143 Å². The molecular formula is C18H28N2O4. The quantitative estimate of drug-likeness (QED) is 0.918. The fraction of sp³-hybridized carbons (Fsp3) is 0.667. The molecule has 2 rings (SSSR count). The zero-order valence-corrected chi connectivity index (χ0v) is 15.2. The highest BCUT2D eigenvalue weighted by atomic mass is 16.6. The maximum absolute atomic E-state index is 12.4. The predicted molar refractivity (Wildman–Crippen MR) is 90.5 cm³/mol. The second-order valence-corrected chi connectivity index (χ2v) is 7.42. The SMILES string of the molecule is Cc1ccc(C(C)NC(=O)C2CCN(C(=O)OC(C)(C)C)CC2)o1. The summed E-state index contributed by atoms with van der Waals surface area (Å²) in [5, 5.41) is 2.99. The van der Waals surface area contributed by atoms with E-state index in [1.807, 2.05) is 46.8 Å². The summed E-state index contributed by atoms with van der Waals surface area (Å²) in [6.07, 6.45) is 0.991.